The van der Waals surface area contributed by atoms with E-state index in [1.807, 2.05) is 0 Å². The smallest absolute Gasteiger partial charge is 0.244 e. The minimum Gasteiger partial charge on any atom is -0.357 e. The molecule has 162 valence electrons. The largest absolute Gasteiger partial charge is 0.357 e. The number of nitrogens with one attached hydrogen (secondary N) is 1. The highest BCUT2D eigenvalue weighted by atomic mass is 79.9. The molecule has 1 unspecified atom stereocenters. The van der Waals surface area contributed by atoms with E-state index in [0.29, 0.717) is 0 Å². The highest BCUT2D eigenvalue weighted by Gasteiger charge is 2.29. The molecular formula is C20H23BrFN3O4S. The lowest BCUT2D eigenvalue weighted by Gasteiger charge is -2.31. The first-order chi connectivity index (χ1) is 14.0. The highest BCUT2D eigenvalue weighted by Crippen LogP contribution is 2.20. The van der Waals surface area contributed by atoms with E-state index in [2.05, 4.69) is 21.2 Å². The van der Waals surface area contributed by atoms with Gasteiger partial charge in [-0.15, -0.1) is 0 Å². The Bertz CT molecular complexity index is 1010. The molecule has 7 nitrogen and oxygen atoms in total. The number of benzene rings is 2. The Morgan fingerprint density at radius 3 is 2.33 bits per heavy atom. The summed E-state index contributed by atoms with van der Waals surface area (Å²) >= 11 is 3.34. The van der Waals surface area contributed by atoms with E-state index < -0.39 is 40.2 Å². The Morgan fingerprint density at radius 1 is 1.17 bits per heavy atom. The van der Waals surface area contributed by atoms with E-state index in [1.54, 1.807) is 31.2 Å². The molecule has 0 aliphatic rings. The summed E-state index contributed by atoms with van der Waals surface area (Å²) in [6.07, 6.45) is 0.937. The number of rotatable bonds is 8. The van der Waals surface area contributed by atoms with Gasteiger partial charge in [0.05, 0.1) is 11.9 Å². The van der Waals surface area contributed by atoms with Crippen LogP contribution in [0.1, 0.15) is 12.5 Å². The van der Waals surface area contributed by atoms with Gasteiger partial charge in [0.1, 0.15) is 18.4 Å². The topological polar surface area (TPSA) is 86.8 Å². The molecule has 30 heavy (non-hydrogen) atoms. The summed E-state index contributed by atoms with van der Waals surface area (Å²) in [5.41, 5.74) is 0.793. The molecule has 0 aliphatic heterocycles. The molecule has 0 saturated carbocycles. The first-order valence-electron chi connectivity index (χ1n) is 9.01. The van der Waals surface area contributed by atoms with E-state index in [-0.39, 0.29) is 12.2 Å². The molecule has 10 heteroatoms. The maximum absolute atomic E-state index is 13.6. The normalized spacial score (nSPS) is 12.2. The molecule has 1 N–H and O–H groups in total. The summed E-state index contributed by atoms with van der Waals surface area (Å²) < 4.78 is 39.9. The molecule has 2 rings (SSSR count). The molecule has 0 spiro atoms. The second kappa shape index (κ2) is 10.0. The van der Waals surface area contributed by atoms with E-state index >= 15 is 0 Å². The van der Waals surface area contributed by atoms with Crippen molar-refractivity contribution in [2.75, 3.05) is 24.2 Å². The standard InChI is InChI=1S/C20H23BrFN3O4S/c1-14(20(27)23-2)24(12-15-7-9-16(21)10-8-15)19(26)13-25(30(3,28)29)18-6-4-5-17(22)11-18/h4-11,14H,12-13H2,1-3H3,(H,23,27). The fourth-order valence-electron chi connectivity index (χ4n) is 2.82. The second-order valence-electron chi connectivity index (χ2n) is 6.69. The van der Waals surface area contributed by atoms with Gasteiger partial charge in [0, 0.05) is 18.1 Å². The average Bonchev–Trinajstić information content (AvgIpc) is 2.69. The summed E-state index contributed by atoms with van der Waals surface area (Å²) in [5, 5.41) is 2.50. The predicted molar refractivity (Wildman–Crippen MR) is 117 cm³/mol. The number of carbonyl (C=O) groups excluding carboxylic acids is 2. The van der Waals surface area contributed by atoms with Crippen LogP contribution >= 0.6 is 15.9 Å². The Kier molecular flexibility index (Phi) is 7.96. The van der Waals surface area contributed by atoms with Gasteiger partial charge in [-0.05, 0) is 42.8 Å². The minimum atomic E-state index is -3.88. The number of anilines is 1. The summed E-state index contributed by atoms with van der Waals surface area (Å²) in [5.74, 6) is -1.61. The first-order valence-corrected chi connectivity index (χ1v) is 11.7. The zero-order valence-corrected chi connectivity index (χ0v) is 19.2. The maximum Gasteiger partial charge on any atom is 0.244 e. The van der Waals surface area contributed by atoms with Gasteiger partial charge >= 0.3 is 0 Å². The van der Waals surface area contributed by atoms with Crippen molar-refractivity contribution in [2.24, 2.45) is 0 Å². The van der Waals surface area contributed by atoms with Gasteiger partial charge in [-0.3, -0.25) is 13.9 Å². The summed E-state index contributed by atoms with van der Waals surface area (Å²) in [4.78, 5) is 26.6. The van der Waals surface area contributed by atoms with Crippen LogP contribution in [0.25, 0.3) is 0 Å². The van der Waals surface area contributed by atoms with Crippen molar-refractivity contribution in [3.8, 4) is 0 Å². The van der Waals surface area contributed by atoms with Crippen molar-refractivity contribution in [1.82, 2.24) is 10.2 Å². The Labute approximate surface area is 184 Å². The third-order valence-electron chi connectivity index (χ3n) is 4.46. The van der Waals surface area contributed by atoms with Gasteiger partial charge in [-0.1, -0.05) is 34.1 Å². The van der Waals surface area contributed by atoms with Crippen molar-refractivity contribution in [2.45, 2.75) is 19.5 Å². The van der Waals surface area contributed by atoms with Crippen LogP contribution in [0, 0.1) is 5.82 Å². The number of hydrogen-bond donors (Lipinski definition) is 1. The highest BCUT2D eigenvalue weighted by molar-refractivity contribution is 9.10. The maximum atomic E-state index is 13.6. The van der Waals surface area contributed by atoms with Crippen LogP contribution in [0.4, 0.5) is 10.1 Å². The lowest BCUT2D eigenvalue weighted by Crippen LogP contribution is -2.50. The average molecular weight is 500 g/mol. The zero-order chi connectivity index (χ0) is 22.5. The number of amides is 2. The van der Waals surface area contributed by atoms with E-state index in [0.717, 1.165) is 26.7 Å². The SMILES string of the molecule is CNC(=O)C(C)N(Cc1ccc(Br)cc1)C(=O)CN(c1cccc(F)c1)S(C)(=O)=O. The number of halogens is 2. The fraction of sp³-hybridized carbons (Fsp3) is 0.300. The molecule has 0 radical (unpaired) electrons. The van der Waals surface area contributed by atoms with Gasteiger partial charge < -0.3 is 10.2 Å². The van der Waals surface area contributed by atoms with Crippen LogP contribution in [0.5, 0.6) is 0 Å². The van der Waals surface area contributed by atoms with Gasteiger partial charge in [0.2, 0.25) is 21.8 Å². The van der Waals surface area contributed by atoms with Gasteiger partial charge in [-0.25, -0.2) is 12.8 Å². The van der Waals surface area contributed by atoms with Crippen LogP contribution in [-0.2, 0) is 26.2 Å². The van der Waals surface area contributed by atoms with Crippen molar-refractivity contribution < 1.29 is 22.4 Å². The molecule has 0 saturated heterocycles. The van der Waals surface area contributed by atoms with E-state index in [4.69, 9.17) is 0 Å². The first kappa shape index (κ1) is 23.8. The fourth-order valence-corrected chi connectivity index (χ4v) is 3.93. The number of sulfonamides is 1. The van der Waals surface area contributed by atoms with Crippen LogP contribution in [0.2, 0.25) is 0 Å². The number of nitrogens with zero attached hydrogens (tertiary/aromatic N) is 2. The van der Waals surface area contributed by atoms with Crippen LogP contribution < -0.4 is 9.62 Å². The monoisotopic (exact) mass is 499 g/mol. The summed E-state index contributed by atoms with van der Waals surface area (Å²) in [6, 6.07) is 11.3. The molecule has 2 aromatic carbocycles. The molecule has 0 fully saturated rings. The van der Waals surface area contributed by atoms with Crippen molar-refractivity contribution in [3.05, 3.63) is 64.4 Å². The van der Waals surface area contributed by atoms with E-state index in [9.17, 15) is 22.4 Å². The lowest BCUT2D eigenvalue weighted by atomic mass is 10.1. The number of likely N-dealkylation sites (N-methyl/N-ethyl adjacent to an activating group) is 1. The van der Waals surface area contributed by atoms with Crippen LogP contribution in [0.3, 0.4) is 0 Å². The van der Waals surface area contributed by atoms with Crippen molar-refractivity contribution >= 4 is 43.5 Å². The second-order valence-corrected chi connectivity index (χ2v) is 9.51. The molecular weight excluding hydrogens is 477 g/mol. The number of carbonyl (C=O) groups is 2. The molecule has 0 heterocycles. The Hall–Kier alpha value is -2.46. The summed E-state index contributed by atoms with van der Waals surface area (Å²) in [7, 11) is -2.43. The minimum absolute atomic E-state index is 0.0297. The van der Waals surface area contributed by atoms with E-state index in [1.165, 1.54) is 30.1 Å². The van der Waals surface area contributed by atoms with Crippen LogP contribution in [0.15, 0.2) is 53.0 Å². The third kappa shape index (κ3) is 6.27. The predicted octanol–water partition coefficient (Wildman–Crippen LogP) is 2.52. The van der Waals surface area contributed by atoms with Crippen molar-refractivity contribution in [1.29, 1.82) is 0 Å². The van der Waals surface area contributed by atoms with Gasteiger partial charge in [-0.2, -0.15) is 0 Å². The summed E-state index contributed by atoms with van der Waals surface area (Å²) in [6.45, 7) is 1.09. The lowest BCUT2D eigenvalue weighted by molar-refractivity contribution is -0.139. The van der Waals surface area contributed by atoms with Gasteiger partial charge in [0.15, 0.2) is 0 Å². The molecule has 0 aliphatic carbocycles. The zero-order valence-electron chi connectivity index (χ0n) is 16.8. The Morgan fingerprint density at radius 2 is 1.80 bits per heavy atom. The Balaban J connectivity index is 2.36. The number of hydrogen-bond acceptors (Lipinski definition) is 4. The molecule has 0 aromatic heterocycles. The molecule has 2 aromatic rings. The quantitative estimate of drug-likeness (QED) is 0.604. The van der Waals surface area contributed by atoms with Crippen molar-refractivity contribution in [3.63, 3.8) is 0 Å². The third-order valence-corrected chi connectivity index (χ3v) is 6.12. The van der Waals surface area contributed by atoms with Gasteiger partial charge in [0.25, 0.3) is 0 Å². The molecule has 2 amide bonds. The molecule has 1 atom stereocenters. The van der Waals surface area contributed by atoms with Crippen LogP contribution in [-0.4, -0.2) is 51.0 Å². The molecule has 0 bridgehead atoms.